The van der Waals surface area contributed by atoms with Crippen LogP contribution in [-0.4, -0.2) is 106 Å². The molecule has 2 aromatic carbocycles. The number of carboxylic acid groups (broad SMARTS) is 1. The van der Waals surface area contributed by atoms with Crippen molar-refractivity contribution in [2.45, 2.75) is 58.7 Å². The van der Waals surface area contributed by atoms with Crippen molar-refractivity contribution in [1.29, 1.82) is 0 Å². The van der Waals surface area contributed by atoms with E-state index in [1.54, 1.807) is 18.7 Å². The van der Waals surface area contributed by atoms with Crippen molar-refractivity contribution in [2.24, 2.45) is 5.92 Å². The molecule has 1 aliphatic heterocycles. The smallest absolute Gasteiger partial charge is 0.325 e. The minimum absolute atomic E-state index is 0.0375. The molecular formula is C38H50N4O10. The maximum absolute atomic E-state index is 13.3. The molecule has 1 heterocycles. The first-order valence-electron chi connectivity index (χ1n) is 17.5. The lowest BCUT2D eigenvalue weighted by molar-refractivity contribution is -0.142. The van der Waals surface area contributed by atoms with Crippen LogP contribution < -0.4 is 20.9 Å². The maximum atomic E-state index is 13.3. The first-order valence-corrected chi connectivity index (χ1v) is 17.5. The number of para-hydroxylation sites is 1. The number of aliphatic carboxylic acids is 1. The van der Waals surface area contributed by atoms with Crippen molar-refractivity contribution in [3.63, 3.8) is 0 Å². The van der Waals surface area contributed by atoms with Gasteiger partial charge in [0, 0.05) is 36.9 Å². The van der Waals surface area contributed by atoms with Gasteiger partial charge in [-0.05, 0) is 36.6 Å². The van der Waals surface area contributed by atoms with Gasteiger partial charge in [-0.25, -0.2) is 0 Å². The molecule has 0 bridgehead atoms. The fourth-order valence-electron chi connectivity index (χ4n) is 4.98. The Kier molecular flexibility index (Phi) is 18.3. The van der Waals surface area contributed by atoms with Crippen LogP contribution in [0.2, 0.25) is 0 Å². The molecule has 3 rings (SSSR count). The number of nitrogens with one attached hydrogen (secondary N) is 3. The van der Waals surface area contributed by atoms with Gasteiger partial charge < -0.3 is 44.9 Å². The molecule has 0 fully saturated rings. The number of benzene rings is 2. The standard InChI is InChI=1S/C38H50N4O10/c1-27(2)36(37(46)40-28(3)38(47)48)41-34(44)16-19-50-21-23-52-25-24-51-22-20-49-18-15-33(43)39-17-14-35(45)42-26-31-10-5-4-8-29(31)12-13-30-9-6-7-11-32(30)42/h4-11,27-28,36H,14-26H2,1-3H3,(H,39,43)(H,40,46)(H,41,44)(H,47,48)/t28-,36?/m0/s1. The van der Waals surface area contributed by atoms with E-state index in [2.05, 4.69) is 27.8 Å². The van der Waals surface area contributed by atoms with E-state index < -0.39 is 24.0 Å². The molecule has 14 heteroatoms. The van der Waals surface area contributed by atoms with Crippen molar-refractivity contribution in [3.8, 4) is 11.8 Å². The summed E-state index contributed by atoms with van der Waals surface area (Å²) in [6.45, 7) is 7.74. The highest BCUT2D eigenvalue weighted by molar-refractivity contribution is 5.95. The Labute approximate surface area is 304 Å². The van der Waals surface area contributed by atoms with E-state index in [1.165, 1.54) is 6.92 Å². The van der Waals surface area contributed by atoms with Gasteiger partial charge in [-0.15, -0.1) is 0 Å². The van der Waals surface area contributed by atoms with Crippen LogP contribution >= 0.6 is 0 Å². The SMILES string of the molecule is CC(C)C(NC(=O)CCOCCOCCOCCOCCC(=O)NCCC(=O)N1Cc2ccccc2C#Cc2ccccc21)C(=O)N[C@@H](C)C(=O)O. The molecular weight excluding hydrogens is 672 g/mol. The molecule has 0 saturated carbocycles. The second-order valence-corrected chi connectivity index (χ2v) is 12.3. The Morgan fingerprint density at radius 3 is 1.87 bits per heavy atom. The van der Waals surface area contributed by atoms with Crippen LogP contribution in [-0.2, 0) is 49.5 Å². The molecule has 0 aliphatic carbocycles. The van der Waals surface area contributed by atoms with Gasteiger partial charge in [0.2, 0.25) is 23.6 Å². The highest BCUT2D eigenvalue weighted by Gasteiger charge is 2.27. The van der Waals surface area contributed by atoms with Crippen LogP contribution in [0.1, 0.15) is 56.7 Å². The van der Waals surface area contributed by atoms with E-state index in [9.17, 15) is 24.0 Å². The van der Waals surface area contributed by atoms with Crippen molar-refractivity contribution >= 4 is 35.3 Å². The van der Waals surface area contributed by atoms with Crippen molar-refractivity contribution < 1.29 is 48.0 Å². The van der Waals surface area contributed by atoms with Gasteiger partial charge in [0.15, 0.2) is 0 Å². The van der Waals surface area contributed by atoms with Crippen LogP contribution in [0.4, 0.5) is 5.69 Å². The van der Waals surface area contributed by atoms with Crippen LogP contribution in [0.15, 0.2) is 48.5 Å². The number of amides is 4. The summed E-state index contributed by atoms with van der Waals surface area (Å²) in [5.74, 6) is 3.75. The molecule has 52 heavy (non-hydrogen) atoms. The molecule has 0 saturated heterocycles. The van der Waals surface area contributed by atoms with E-state index in [0.717, 1.165) is 22.4 Å². The van der Waals surface area contributed by atoms with Gasteiger partial charge in [-0.1, -0.05) is 56.0 Å². The van der Waals surface area contributed by atoms with E-state index in [1.807, 2.05) is 48.5 Å². The Morgan fingerprint density at radius 1 is 0.712 bits per heavy atom. The third kappa shape index (κ3) is 14.8. The zero-order valence-electron chi connectivity index (χ0n) is 30.1. The van der Waals surface area contributed by atoms with E-state index >= 15 is 0 Å². The zero-order valence-corrected chi connectivity index (χ0v) is 30.1. The number of rotatable bonds is 23. The lowest BCUT2D eigenvalue weighted by Gasteiger charge is -2.26. The average Bonchev–Trinajstić information content (AvgIpc) is 3.11. The average molecular weight is 723 g/mol. The number of hydrogen-bond donors (Lipinski definition) is 4. The van der Waals surface area contributed by atoms with Gasteiger partial charge >= 0.3 is 5.97 Å². The minimum atomic E-state index is -1.16. The van der Waals surface area contributed by atoms with Gasteiger partial charge in [-0.2, -0.15) is 0 Å². The van der Waals surface area contributed by atoms with E-state index in [0.29, 0.717) is 39.6 Å². The number of carbonyl (C=O) groups is 5. The van der Waals surface area contributed by atoms with Gasteiger partial charge in [0.25, 0.3) is 0 Å². The topological polar surface area (TPSA) is 182 Å². The molecule has 0 aromatic heterocycles. The van der Waals surface area contributed by atoms with Crippen molar-refractivity contribution in [3.05, 3.63) is 65.2 Å². The number of nitrogens with zero attached hydrogens (tertiary/aromatic N) is 1. The van der Waals surface area contributed by atoms with Crippen LogP contribution in [0.3, 0.4) is 0 Å². The number of carbonyl (C=O) groups excluding carboxylic acids is 4. The summed E-state index contributed by atoms with van der Waals surface area (Å²) >= 11 is 0. The molecule has 2 atom stereocenters. The number of carboxylic acids is 1. The van der Waals surface area contributed by atoms with Gasteiger partial charge in [0.1, 0.15) is 12.1 Å². The summed E-state index contributed by atoms with van der Waals surface area (Å²) in [6, 6.07) is 13.4. The Balaban J connectivity index is 1.16. The Bertz CT molecular complexity index is 1550. The third-order valence-corrected chi connectivity index (χ3v) is 7.89. The van der Waals surface area contributed by atoms with E-state index in [-0.39, 0.29) is 69.3 Å². The first-order chi connectivity index (χ1) is 25.1. The summed E-state index contributed by atoms with van der Waals surface area (Å²) in [7, 11) is 0. The van der Waals surface area contributed by atoms with Crippen LogP contribution in [0.5, 0.6) is 0 Å². The molecule has 4 amide bonds. The molecule has 2 aromatic rings. The van der Waals surface area contributed by atoms with Crippen LogP contribution in [0, 0.1) is 17.8 Å². The fourth-order valence-corrected chi connectivity index (χ4v) is 4.98. The number of anilines is 1. The van der Waals surface area contributed by atoms with Crippen LogP contribution in [0.25, 0.3) is 0 Å². The fraction of sp³-hybridized carbons (Fsp3) is 0.500. The zero-order chi connectivity index (χ0) is 37.7. The second kappa shape index (κ2) is 22.9. The minimum Gasteiger partial charge on any atom is -0.480 e. The van der Waals surface area contributed by atoms with Crippen molar-refractivity contribution in [1.82, 2.24) is 16.0 Å². The quantitative estimate of drug-likeness (QED) is 0.0979. The van der Waals surface area contributed by atoms with Gasteiger partial charge in [-0.3, -0.25) is 24.0 Å². The first kappa shape index (κ1) is 41.6. The predicted octanol–water partition coefficient (Wildman–Crippen LogP) is 2.02. The second-order valence-electron chi connectivity index (χ2n) is 12.3. The summed E-state index contributed by atoms with van der Waals surface area (Å²) < 4.78 is 21.8. The molecule has 0 spiro atoms. The van der Waals surface area contributed by atoms with Gasteiger partial charge in [0.05, 0.1) is 65.1 Å². The summed E-state index contributed by atoms with van der Waals surface area (Å²) in [6.07, 6.45) is 0.345. The highest BCUT2D eigenvalue weighted by Crippen LogP contribution is 2.25. The Hall–Kier alpha value is -4.81. The Morgan fingerprint density at radius 2 is 1.25 bits per heavy atom. The summed E-state index contributed by atoms with van der Waals surface area (Å²) in [4.78, 5) is 62.8. The largest absolute Gasteiger partial charge is 0.480 e. The number of fused-ring (bicyclic) bond motifs is 2. The lowest BCUT2D eigenvalue weighted by atomic mass is 10.0. The molecule has 1 aliphatic rings. The predicted molar refractivity (Wildman–Crippen MR) is 192 cm³/mol. The summed E-state index contributed by atoms with van der Waals surface area (Å²) in [5, 5.41) is 16.8. The van der Waals surface area contributed by atoms with E-state index in [4.69, 9.17) is 24.1 Å². The highest BCUT2D eigenvalue weighted by atomic mass is 16.6. The monoisotopic (exact) mass is 722 g/mol. The molecule has 14 nitrogen and oxygen atoms in total. The molecule has 1 unspecified atom stereocenters. The lowest BCUT2D eigenvalue weighted by Crippen LogP contribution is -2.53. The molecule has 282 valence electrons. The summed E-state index contributed by atoms with van der Waals surface area (Å²) in [5.41, 5.74) is 3.39. The number of ether oxygens (including phenoxy) is 4. The maximum Gasteiger partial charge on any atom is 0.325 e. The number of hydrogen-bond acceptors (Lipinski definition) is 9. The third-order valence-electron chi connectivity index (χ3n) is 7.89. The molecule has 0 radical (unpaired) electrons. The van der Waals surface area contributed by atoms with Crippen molar-refractivity contribution in [2.75, 3.05) is 64.3 Å². The normalized spacial score (nSPS) is 13.0. The molecule has 4 N–H and O–H groups in total.